The molecule has 0 aliphatic rings. The van der Waals surface area contributed by atoms with E-state index < -0.39 is 18.9 Å². The Morgan fingerprint density at radius 1 is 1.44 bits per heavy atom. The van der Waals surface area contributed by atoms with Crippen LogP contribution in [0.1, 0.15) is 0 Å². The van der Waals surface area contributed by atoms with E-state index in [0.29, 0.717) is 0 Å². The van der Waals surface area contributed by atoms with E-state index in [9.17, 15) is 4.57 Å². The van der Waals surface area contributed by atoms with E-state index in [2.05, 4.69) is 0 Å². The molecular formula is C2H8ClN2O3P. The number of alkyl halides is 1. The average Bonchev–Trinajstić information content (AvgIpc) is 1.62. The summed E-state index contributed by atoms with van der Waals surface area (Å²) in [5.41, 5.74) is 8.54. The first-order chi connectivity index (χ1) is 3.85. The van der Waals surface area contributed by atoms with E-state index >= 15 is 0 Å². The highest BCUT2D eigenvalue weighted by Crippen LogP contribution is 2.39. The molecule has 0 spiro atoms. The van der Waals surface area contributed by atoms with Crippen LogP contribution in [0, 0.1) is 0 Å². The summed E-state index contributed by atoms with van der Waals surface area (Å²) in [4.78, 5) is 16.6. The van der Waals surface area contributed by atoms with Crippen molar-refractivity contribution in [3.05, 3.63) is 0 Å². The first kappa shape index (κ1) is 9.36. The zero-order valence-corrected chi connectivity index (χ0v) is 6.09. The molecule has 0 radical (unpaired) electrons. The second-order valence-corrected chi connectivity index (χ2v) is 3.80. The number of halogens is 1. The molecule has 2 atom stereocenters. The molecule has 0 bridgehead atoms. The lowest BCUT2D eigenvalue weighted by atomic mass is 10.7. The van der Waals surface area contributed by atoms with Gasteiger partial charge in [0.15, 0.2) is 0 Å². The zero-order valence-electron chi connectivity index (χ0n) is 4.44. The quantitative estimate of drug-likeness (QED) is 0.243. The van der Waals surface area contributed by atoms with Crippen LogP contribution in [0.2, 0.25) is 0 Å². The van der Waals surface area contributed by atoms with Crippen LogP contribution in [-0.2, 0) is 4.57 Å². The first-order valence-corrected chi connectivity index (χ1v) is 4.18. The Kier molecular flexibility index (Phi) is 3.08. The first-order valence-electron chi connectivity index (χ1n) is 2.06. The van der Waals surface area contributed by atoms with Gasteiger partial charge in [-0.15, -0.1) is 11.6 Å². The highest BCUT2D eigenvalue weighted by molar-refractivity contribution is 7.52. The SMILES string of the molecule is NC(Cl)C(N)P(=O)(O)O. The fraction of sp³-hybridized carbons (Fsp3) is 1.00. The van der Waals surface area contributed by atoms with E-state index in [1.165, 1.54) is 0 Å². The van der Waals surface area contributed by atoms with Gasteiger partial charge in [-0.1, -0.05) is 0 Å². The molecule has 0 fully saturated rings. The van der Waals surface area contributed by atoms with Gasteiger partial charge in [0.05, 0.1) is 0 Å². The van der Waals surface area contributed by atoms with E-state index in [4.69, 9.17) is 32.9 Å². The van der Waals surface area contributed by atoms with Gasteiger partial charge < -0.3 is 21.3 Å². The summed E-state index contributed by atoms with van der Waals surface area (Å²) in [7, 11) is -4.29. The van der Waals surface area contributed by atoms with Crippen molar-refractivity contribution in [1.82, 2.24) is 0 Å². The van der Waals surface area contributed by atoms with Crippen molar-refractivity contribution in [3.8, 4) is 0 Å². The normalized spacial score (nSPS) is 19.2. The molecular weight excluding hydrogens is 166 g/mol. The molecule has 0 saturated heterocycles. The largest absolute Gasteiger partial charge is 0.344 e. The topological polar surface area (TPSA) is 110 Å². The lowest BCUT2D eigenvalue weighted by Gasteiger charge is -2.14. The van der Waals surface area contributed by atoms with Crippen LogP contribution in [0.3, 0.4) is 0 Å². The maximum atomic E-state index is 10.2. The minimum absolute atomic E-state index is 1.20. The fourth-order valence-electron chi connectivity index (χ4n) is 0.186. The van der Waals surface area contributed by atoms with Gasteiger partial charge in [0.2, 0.25) is 0 Å². The van der Waals surface area contributed by atoms with E-state index in [1.54, 1.807) is 0 Å². The van der Waals surface area contributed by atoms with Crippen LogP contribution in [0.25, 0.3) is 0 Å². The molecule has 5 nitrogen and oxygen atoms in total. The fourth-order valence-corrected chi connectivity index (χ4v) is 0.997. The molecule has 7 heteroatoms. The lowest BCUT2D eigenvalue weighted by molar-refractivity contribution is 0.357. The summed E-state index contributed by atoms with van der Waals surface area (Å²) in [6, 6.07) is 0. The lowest BCUT2D eigenvalue weighted by Crippen LogP contribution is -2.36. The summed E-state index contributed by atoms with van der Waals surface area (Å²) in [6.45, 7) is 0. The minimum Gasteiger partial charge on any atom is -0.323 e. The smallest absolute Gasteiger partial charge is 0.323 e. The summed E-state index contributed by atoms with van der Waals surface area (Å²) in [6.07, 6.45) is 0. The molecule has 56 valence electrons. The van der Waals surface area contributed by atoms with Crippen molar-refractivity contribution in [2.75, 3.05) is 0 Å². The molecule has 0 saturated carbocycles. The van der Waals surface area contributed by atoms with Gasteiger partial charge in [-0.05, 0) is 0 Å². The molecule has 9 heavy (non-hydrogen) atoms. The monoisotopic (exact) mass is 174 g/mol. The van der Waals surface area contributed by atoms with Gasteiger partial charge in [-0.2, -0.15) is 0 Å². The second kappa shape index (κ2) is 2.96. The summed E-state index contributed by atoms with van der Waals surface area (Å²) in [5, 5.41) is 0. The molecule has 0 aliphatic carbocycles. The van der Waals surface area contributed by atoms with Gasteiger partial charge in [-0.25, -0.2) is 0 Å². The van der Waals surface area contributed by atoms with E-state index in [-0.39, 0.29) is 0 Å². The molecule has 0 aromatic carbocycles. The number of rotatable bonds is 2. The molecule has 0 heterocycles. The minimum atomic E-state index is -4.29. The summed E-state index contributed by atoms with van der Waals surface area (Å²) in [5.74, 6) is -1.47. The van der Waals surface area contributed by atoms with Crippen molar-refractivity contribution in [2.45, 2.75) is 11.3 Å². The van der Waals surface area contributed by atoms with Crippen molar-refractivity contribution < 1.29 is 14.4 Å². The van der Waals surface area contributed by atoms with Crippen LogP contribution in [-0.4, -0.2) is 21.1 Å². The maximum Gasteiger partial charge on any atom is 0.344 e. The van der Waals surface area contributed by atoms with Crippen molar-refractivity contribution in [3.63, 3.8) is 0 Å². The predicted octanol–water partition coefficient (Wildman–Crippen LogP) is -1.03. The second-order valence-electron chi connectivity index (χ2n) is 1.52. The van der Waals surface area contributed by atoms with Crippen LogP contribution in [0.4, 0.5) is 0 Å². The molecule has 0 aromatic rings. The third kappa shape index (κ3) is 3.15. The Balaban J connectivity index is 4.05. The van der Waals surface area contributed by atoms with E-state index in [0.717, 1.165) is 0 Å². The van der Waals surface area contributed by atoms with E-state index in [1.807, 2.05) is 0 Å². The average molecular weight is 175 g/mol. The molecule has 0 aliphatic heterocycles. The maximum absolute atomic E-state index is 10.2. The van der Waals surface area contributed by atoms with Crippen molar-refractivity contribution >= 4 is 19.2 Å². The van der Waals surface area contributed by atoms with Crippen molar-refractivity contribution in [2.24, 2.45) is 11.5 Å². The van der Waals surface area contributed by atoms with Crippen LogP contribution in [0.5, 0.6) is 0 Å². The predicted molar refractivity (Wildman–Crippen MR) is 33.8 cm³/mol. The Labute approximate surface area is 57.1 Å². The highest BCUT2D eigenvalue weighted by atomic mass is 35.5. The van der Waals surface area contributed by atoms with Gasteiger partial charge in [0, 0.05) is 0 Å². The Morgan fingerprint density at radius 3 is 1.78 bits per heavy atom. The van der Waals surface area contributed by atoms with Gasteiger partial charge in [0.25, 0.3) is 0 Å². The molecule has 0 amide bonds. The third-order valence-electron chi connectivity index (χ3n) is 0.715. The summed E-state index contributed by atoms with van der Waals surface area (Å²) >= 11 is 5.07. The van der Waals surface area contributed by atoms with Gasteiger partial charge in [0.1, 0.15) is 11.3 Å². The van der Waals surface area contributed by atoms with Gasteiger partial charge in [-0.3, -0.25) is 4.57 Å². The van der Waals surface area contributed by atoms with Crippen LogP contribution < -0.4 is 11.5 Å². The van der Waals surface area contributed by atoms with Crippen molar-refractivity contribution in [1.29, 1.82) is 0 Å². The molecule has 6 N–H and O–H groups in total. The standard InChI is InChI=1S/C2H8ClN2O3P/c3-1(4)2(5)9(6,7)8/h1-2H,4-5H2,(H2,6,7,8). The number of nitrogens with two attached hydrogens (primary N) is 2. The number of hydrogen-bond donors (Lipinski definition) is 4. The molecule has 2 unspecified atom stereocenters. The van der Waals surface area contributed by atoms with Gasteiger partial charge >= 0.3 is 7.60 Å². The molecule has 0 aromatic heterocycles. The summed E-state index contributed by atoms with van der Waals surface area (Å²) < 4.78 is 10.2. The Bertz CT molecular complexity index is 134. The zero-order chi connectivity index (χ0) is 7.65. The molecule has 0 rings (SSSR count). The Hall–Kier alpha value is 0.360. The van der Waals surface area contributed by atoms with Crippen LogP contribution >= 0.6 is 19.2 Å². The number of hydrogen-bond acceptors (Lipinski definition) is 3. The van der Waals surface area contributed by atoms with Crippen LogP contribution in [0.15, 0.2) is 0 Å². The highest BCUT2D eigenvalue weighted by Gasteiger charge is 2.28. The third-order valence-corrected chi connectivity index (χ3v) is 2.26. The Morgan fingerprint density at radius 2 is 1.78 bits per heavy atom.